The molecule has 8 heteroatoms. The SMILES string of the molecule is COc1ccc(C(C)NC(=O)CCCNc2ccc([N+](=O)[O-])cc2)c(OC)c1. The van der Waals surface area contributed by atoms with Gasteiger partial charge in [0.25, 0.3) is 5.69 Å². The zero-order valence-electron chi connectivity index (χ0n) is 16.2. The molecule has 0 aromatic heterocycles. The number of carbonyl (C=O) groups is 1. The van der Waals surface area contributed by atoms with Crippen molar-refractivity contribution >= 4 is 17.3 Å². The molecule has 2 rings (SSSR count). The number of nitro groups is 1. The summed E-state index contributed by atoms with van der Waals surface area (Å²) in [6.45, 7) is 2.49. The van der Waals surface area contributed by atoms with Crippen molar-refractivity contribution in [2.24, 2.45) is 0 Å². The van der Waals surface area contributed by atoms with Crippen molar-refractivity contribution in [3.8, 4) is 11.5 Å². The number of nitro benzene ring substituents is 1. The van der Waals surface area contributed by atoms with E-state index in [-0.39, 0.29) is 17.6 Å². The van der Waals surface area contributed by atoms with Gasteiger partial charge in [-0.1, -0.05) is 0 Å². The molecule has 1 atom stereocenters. The first-order chi connectivity index (χ1) is 13.4. The summed E-state index contributed by atoms with van der Waals surface area (Å²) < 4.78 is 10.6. The molecule has 150 valence electrons. The second-order valence-electron chi connectivity index (χ2n) is 6.23. The van der Waals surface area contributed by atoms with Crippen LogP contribution in [0.3, 0.4) is 0 Å². The first-order valence-corrected chi connectivity index (χ1v) is 8.94. The van der Waals surface area contributed by atoms with Crippen LogP contribution in [-0.4, -0.2) is 31.6 Å². The summed E-state index contributed by atoms with van der Waals surface area (Å²) in [6, 6.07) is 11.5. The van der Waals surface area contributed by atoms with Crippen LogP contribution in [0.5, 0.6) is 11.5 Å². The van der Waals surface area contributed by atoms with E-state index in [1.54, 1.807) is 32.4 Å². The molecule has 1 unspecified atom stereocenters. The van der Waals surface area contributed by atoms with E-state index in [4.69, 9.17) is 9.47 Å². The first kappa shape index (κ1) is 21.0. The van der Waals surface area contributed by atoms with Crippen LogP contribution in [0, 0.1) is 10.1 Å². The lowest BCUT2D eigenvalue weighted by Gasteiger charge is -2.18. The van der Waals surface area contributed by atoms with Crippen molar-refractivity contribution in [1.82, 2.24) is 5.32 Å². The number of methoxy groups -OCH3 is 2. The normalized spacial score (nSPS) is 11.4. The van der Waals surface area contributed by atoms with Gasteiger partial charge in [0.05, 0.1) is 25.2 Å². The van der Waals surface area contributed by atoms with Crippen molar-refractivity contribution in [2.75, 3.05) is 26.1 Å². The molecule has 8 nitrogen and oxygen atoms in total. The minimum absolute atomic E-state index is 0.0490. The fourth-order valence-corrected chi connectivity index (χ4v) is 2.75. The van der Waals surface area contributed by atoms with Crippen LogP contribution >= 0.6 is 0 Å². The van der Waals surface area contributed by atoms with Gasteiger partial charge in [-0.05, 0) is 37.6 Å². The fourth-order valence-electron chi connectivity index (χ4n) is 2.75. The highest BCUT2D eigenvalue weighted by Crippen LogP contribution is 2.29. The van der Waals surface area contributed by atoms with Gasteiger partial charge >= 0.3 is 0 Å². The lowest BCUT2D eigenvalue weighted by Crippen LogP contribution is -2.27. The molecule has 0 aliphatic heterocycles. The molecular formula is C20H25N3O5. The zero-order chi connectivity index (χ0) is 20.5. The molecular weight excluding hydrogens is 362 g/mol. The molecule has 0 saturated carbocycles. The van der Waals surface area contributed by atoms with Crippen LogP contribution in [-0.2, 0) is 4.79 Å². The van der Waals surface area contributed by atoms with E-state index in [1.165, 1.54) is 12.1 Å². The Hall–Kier alpha value is -3.29. The third kappa shape index (κ3) is 5.87. The smallest absolute Gasteiger partial charge is 0.269 e. The largest absolute Gasteiger partial charge is 0.497 e. The third-order valence-corrected chi connectivity index (χ3v) is 4.27. The molecule has 1 amide bonds. The van der Waals surface area contributed by atoms with Crippen LogP contribution in [0.2, 0.25) is 0 Å². The second kappa shape index (κ2) is 10.1. The van der Waals surface area contributed by atoms with Gasteiger partial charge in [-0.2, -0.15) is 0 Å². The Bertz CT molecular complexity index is 808. The Morgan fingerprint density at radius 3 is 2.46 bits per heavy atom. The number of rotatable bonds is 10. The van der Waals surface area contributed by atoms with Gasteiger partial charge in [-0.15, -0.1) is 0 Å². The molecule has 2 aromatic rings. The van der Waals surface area contributed by atoms with Crippen molar-refractivity contribution in [1.29, 1.82) is 0 Å². The topological polar surface area (TPSA) is 103 Å². The molecule has 0 radical (unpaired) electrons. The molecule has 0 spiro atoms. The van der Waals surface area contributed by atoms with Gasteiger partial charge in [0, 0.05) is 42.4 Å². The van der Waals surface area contributed by atoms with Crippen LogP contribution in [0.1, 0.15) is 31.4 Å². The number of nitrogens with one attached hydrogen (secondary N) is 2. The number of ether oxygens (including phenoxy) is 2. The number of amides is 1. The van der Waals surface area contributed by atoms with Crippen molar-refractivity contribution in [2.45, 2.75) is 25.8 Å². The van der Waals surface area contributed by atoms with Gasteiger partial charge in [-0.25, -0.2) is 0 Å². The Labute approximate surface area is 164 Å². The summed E-state index contributed by atoms with van der Waals surface area (Å²) in [4.78, 5) is 22.4. The van der Waals surface area contributed by atoms with Gasteiger partial charge in [-0.3, -0.25) is 14.9 Å². The van der Waals surface area contributed by atoms with E-state index in [0.29, 0.717) is 30.9 Å². The molecule has 0 saturated heterocycles. The average Bonchev–Trinajstić information content (AvgIpc) is 2.70. The minimum atomic E-state index is -0.437. The van der Waals surface area contributed by atoms with E-state index in [1.807, 2.05) is 19.1 Å². The summed E-state index contributed by atoms with van der Waals surface area (Å²) in [6.07, 6.45) is 0.998. The number of nitrogens with zero attached hydrogens (tertiary/aromatic N) is 1. The van der Waals surface area contributed by atoms with Gasteiger partial charge < -0.3 is 20.1 Å². The van der Waals surface area contributed by atoms with Crippen LogP contribution in [0.15, 0.2) is 42.5 Å². The van der Waals surface area contributed by atoms with Gasteiger partial charge in [0.2, 0.25) is 5.91 Å². The monoisotopic (exact) mass is 387 g/mol. The predicted molar refractivity (Wildman–Crippen MR) is 107 cm³/mol. The van der Waals surface area contributed by atoms with Crippen molar-refractivity contribution in [3.63, 3.8) is 0 Å². The van der Waals surface area contributed by atoms with Crippen LogP contribution in [0.25, 0.3) is 0 Å². The molecule has 2 aromatic carbocycles. The quantitative estimate of drug-likeness (QED) is 0.366. The third-order valence-electron chi connectivity index (χ3n) is 4.27. The maximum absolute atomic E-state index is 12.2. The summed E-state index contributed by atoms with van der Waals surface area (Å²) in [5.41, 5.74) is 1.70. The Morgan fingerprint density at radius 1 is 1.14 bits per heavy atom. The predicted octanol–water partition coefficient (Wildman–Crippen LogP) is 3.68. The summed E-state index contributed by atoms with van der Waals surface area (Å²) in [7, 11) is 3.17. The summed E-state index contributed by atoms with van der Waals surface area (Å²) >= 11 is 0. The number of hydrogen-bond acceptors (Lipinski definition) is 6. The molecule has 0 aliphatic carbocycles. The average molecular weight is 387 g/mol. The molecule has 28 heavy (non-hydrogen) atoms. The molecule has 0 bridgehead atoms. The number of hydrogen-bond donors (Lipinski definition) is 2. The minimum Gasteiger partial charge on any atom is -0.497 e. The standard InChI is InChI=1S/C20H25N3O5/c1-14(18-11-10-17(27-2)13-19(18)28-3)22-20(24)5-4-12-21-15-6-8-16(9-7-15)23(25)26/h6-11,13-14,21H,4-5,12H2,1-3H3,(H,22,24). The highest BCUT2D eigenvalue weighted by molar-refractivity contribution is 5.76. The maximum atomic E-state index is 12.2. The van der Waals surface area contributed by atoms with Gasteiger partial charge in [0.1, 0.15) is 11.5 Å². The second-order valence-corrected chi connectivity index (χ2v) is 6.23. The maximum Gasteiger partial charge on any atom is 0.269 e. The molecule has 0 aliphatic rings. The lowest BCUT2D eigenvalue weighted by molar-refractivity contribution is -0.384. The van der Waals surface area contributed by atoms with E-state index in [0.717, 1.165) is 11.3 Å². The number of non-ortho nitro benzene ring substituents is 1. The summed E-state index contributed by atoms with van der Waals surface area (Å²) in [5.74, 6) is 1.29. The zero-order valence-corrected chi connectivity index (χ0v) is 16.2. The Balaban J connectivity index is 1.78. The lowest BCUT2D eigenvalue weighted by atomic mass is 10.1. The molecule has 0 heterocycles. The number of carbonyl (C=O) groups excluding carboxylic acids is 1. The number of benzene rings is 2. The highest BCUT2D eigenvalue weighted by Gasteiger charge is 2.14. The number of anilines is 1. The van der Waals surface area contributed by atoms with E-state index in [9.17, 15) is 14.9 Å². The van der Waals surface area contributed by atoms with Crippen molar-refractivity contribution < 1.29 is 19.2 Å². The van der Waals surface area contributed by atoms with Gasteiger partial charge in [0.15, 0.2) is 0 Å². The van der Waals surface area contributed by atoms with Crippen molar-refractivity contribution in [3.05, 3.63) is 58.1 Å². The fraction of sp³-hybridized carbons (Fsp3) is 0.350. The van der Waals surface area contributed by atoms with Crippen LogP contribution in [0.4, 0.5) is 11.4 Å². The summed E-state index contributed by atoms with van der Waals surface area (Å²) in [5, 5.41) is 16.7. The highest BCUT2D eigenvalue weighted by atomic mass is 16.6. The van der Waals surface area contributed by atoms with E-state index < -0.39 is 4.92 Å². The Kier molecular flexibility index (Phi) is 7.62. The van der Waals surface area contributed by atoms with E-state index >= 15 is 0 Å². The Morgan fingerprint density at radius 2 is 1.86 bits per heavy atom. The van der Waals surface area contributed by atoms with E-state index in [2.05, 4.69) is 10.6 Å². The molecule has 0 fully saturated rings. The van der Waals surface area contributed by atoms with Crippen LogP contribution < -0.4 is 20.1 Å². The molecule has 2 N–H and O–H groups in total. The first-order valence-electron chi connectivity index (χ1n) is 8.94.